The molecule has 1 aliphatic rings. The number of benzene rings is 1. The van der Waals surface area contributed by atoms with Crippen LogP contribution in [0, 0.1) is 0 Å². The number of pyridine rings is 1. The number of hydrogen-bond acceptors (Lipinski definition) is 2. The van der Waals surface area contributed by atoms with Crippen LogP contribution in [0.4, 0.5) is 0 Å². The molecule has 1 N–H and O–H groups in total. The summed E-state index contributed by atoms with van der Waals surface area (Å²) in [6.45, 7) is 0. The first-order valence-electron chi connectivity index (χ1n) is 8.02. The number of thiocarbonyl (C=S) groups is 1. The van der Waals surface area contributed by atoms with Gasteiger partial charge in [0.15, 0.2) is 5.11 Å². The van der Waals surface area contributed by atoms with Gasteiger partial charge in [-0.1, -0.05) is 22.0 Å². The predicted molar refractivity (Wildman–Crippen MR) is 107 cm³/mol. The molecule has 2 atom stereocenters. The van der Waals surface area contributed by atoms with Gasteiger partial charge in [0.1, 0.15) is 0 Å². The van der Waals surface area contributed by atoms with E-state index < -0.39 is 0 Å². The van der Waals surface area contributed by atoms with Crippen molar-refractivity contribution in [2.45, 2.75) is 12.1 Å². The van der Waals surface area contributed by atoms with Crippen molar-refractivity contribution in [2.75, 3.05) is 7.05 Å². The summed E-state index contributed by atoms with van der Waals surface area (Å²) in [7, 11) is 2.03. The fraction of sp³-hybridized carbons (Fsp3) is 0.158. The standard InChI is InChI=1S/C19H17BrN4S/c1-23-18(17(22-19(23)25)15-5-2-3-11-21-15)16-6-4-12-24(16)14-9-7-13(20)8-10-14/h2-12,17-18H,1H3,(H,22,25)/t17-,18-/m1/s1. The molecular weight excluding hydrogens is 396 g/mol. The molecule has 0 radical (unpaired) electrons. The van der Waals surface area contributed by atoms with Crippen LogP contribution in [0.2, 0.25) is 0 Å². The number of likely N-dealkylation sites (N-methyl/N-ethyl adjacent to an activating group) is 1. The molecule has 2 aromatic heterocycles. The summed E-state index contributed by atoms with van der Waals surface area (Å²) in [5.74, 6) is 0. The predicted octanol–water partition coefficient (Wildman–Crippen LogP) is 4.24. The van der Waals surface area contributed by atoms with Crippen molar-refractivity contribution >= 4 is 33.3 Å². The van der Waals surface area contributed by atoms with Gasteiger partial charge in [0, 0.05) is 35.3 Å². The average molecular weight is 413 g/mol. The van der Waals surface area contributed by atoms with Gasteiger partial charge in [-0.25, -0.2) is 0 Å². The fourth-order valence-corrected chi connectivity index (χ4v) is 3.81. The van der Waals surface area contributed by atoms with E-state index in [0.29, 0.717) is 0 Å². The lowest BCUT2D eigenvalue weighted by atomic mass is 10.0. The molecule has 126 valence electrons. The van der Waals surface area contributed by atoms with Crippen molar-refractivity contribution in [1.82, 2.24) is 19.8 Å². The van der Waals surface area contributed by atoms with E-state index in [0.717, 1.165) is 21.0 Å². The zero-order valence-electron chi connectivity index (χ0n) is 13.6. The smallest absolute Gasteiger partial charge is 0.169 e. The molecule has 0 spiro atoms. The van der Waals surface area contributed by atoms with Gasteiger partial charge in [0.25, 0.3) is 0 Å². The summed E-state index contributed by atoms with van der Waals surface area (Å²) in [6.07, 6.45) is 3.91. The van der Waals surface area contributed by atoms with Gasteiger partial charge in [0.05, 0.1) is 17.8 Å². The molecule has 6 heteroatoms. The van der Waals surface area contributed by atoms with E-state index >= 15 is 0 Å². The van der Waals surface area contributed by atoms with Gasteiger partial charge in [-0.3, -0.25) is 4.98 Å². The van der Waals surface area contributed by atoms with E-state index in [4.69, 9.17) is 12.2 Å². The Bertz CT molecular complexity index is 891. The van der Waals surface area contributed by atoms with Gasteiger partial charge in [-0.2, -0.15) is 0 Å². The van der Waals surface area contributed by atoms with Crippen molar-refractivity contribution < 1.29 is 0 Å². The normalized spacial score (nSPS) is 19.9. The van der Waals surface area contributed by atoms with Crippen molar-refractivity contribution in [3.05, 3.63) is 82.9 Å². The average Bonchev–Trinajstić information content (AvgIpc) is 3.22. The first-order valence-corrected chi connectivity index (χ1v) is 9.23. The van der Waals surface area contributed by atoms with Crippen molar-refractivity contribution in [3.8, 4) is 5.69 Å². The number of nitrogens with zero attached hydrogens (tertiary/aromatic N) is 3. The SMILES string of the molecule is CN1C(=S)N[C@H](c2ccccn2)[C@H]1c1cccn1-c1ccc(Br)cc1. The van der Waals surface area contributed by atoms with Crippen LogP contribution < -0.4 is 5.32 Å². The van der Waals surface area contributed by atoms with Crippen LogP contribution in [0.3, 0.4) is 0 Å². The molecule has 3 aromatic rings. The van der Waals surface area contributed by atoms with Gasteiger partial charge in [-0.05, 0) is 60.7 Å². The molecule has 0 bridgehead atoms. The minimum absolute atomic E-state index is 0.0165. The molecule has 25 heavy (non-hydrogen) atoms. The van der Waals surface area contributed by atoms with Gasteiger partial charge >= 0.3 is 0 Å². The number of rotatable bonds is 3. The van der Waals surface area contributed by atoms with E-state index in [1.165, 1.54) is 5.69 Å². The lowest BCUT2D eigenvalue weighted by molar-refractivity contribution is 0.357. The Morgan fingerprint density at radius 3 is 2.60 bits per heavy atom. The third kappa shape index (κ3) is 2.96. The lowest BCUT2D eigenvalue weighted by Crippen LogP contribution is -2.25. The molecule has 1 aliphatic heterocycles. The Labute approximate surface area is 160 Å². The third-order valence-electron chi connectivity index (χ3n) is 4.53. The zero-order valence-corrected chi connectivity index (χ0v) is 16.0. The van der Waals surface area contributed by atoms with Crippen LogP contribution in [-0.4, -0.2) is 26.6 Å². The molecule has 4 nitrogen and oxygen atoms in total. The largest absolute Gasteiger partial charge is 0.352 e. The first-order chi connectivity index (χ1) is 12.1. The molecule has 1 fully saturated rings. The van der Waals surface area contributed by atoms with Crippen LogP contribution in [0.25, 0.3) is 5.69 Å². The zero-order chi connectivity index (χ0) is 17.4. The van der Waals surface area contributed by atoms with E-state index in [9.17, 15) is 0 Å². The second-order valence-electron chi connectivity index (χ2n) is 6.02. The van der Waals surface area contributed by atoms with Crippen molar-refractivity contribution in [2.24, 2.45) is 0 Å². The van der Waals surface area contributed by atoms with Crippen LogP contribution in [-0.2, 0) is 0 Å². The maximum Gasteiger partial charge on any atom is 0.169 e. The summed E-state index contributed by atoms with van der Waals surface area (Å²) >= 11 is 9.02. The van der Waals surface area contributed by atoms with Crippen LogP contribution in [0.5, 0.6) is 0 Å². The van der Waals surface area contributed by atoms with Gasteiger partial charge in [-0.15, -0.1) is 0 Å². The maximum absolute atomic E-state index is 5.52. The van der Waals surface area contributed by atoms with Crippen LogP contribution >= 0.6 is 28.1 Å². The number of halogens is 1. The first kappa shape index (κ1) is 16.3. The summed E-state index contributed by atoms with van der Waals surface area (Å²) in [6, 6.07) is 18.6. The molecule has 0 unspecified atom stereocenters. The molecular formula is C19H17BrN4S. The Hall–Kier alpha value is -2.18. The quantitative estimate of drug-likeness (QED) is 0.652. The molecule has 3 heterocycles. The minimum Gasteiger partial charge on any atom is -0.352 e. The topological polar surface area (TPSA) is 33.1 Å². The summed E-state index contributed by atoms with van der Waals surface area (Å²) in [5.41, 5.74) is 3.28. The molecule has 1 saturated heterocycles. The molecule has 4 rings (SSSR count). The Kier molecular flexibility index (Phi) is 4.31. The second-order valence-corrected chi connectivity index (χ2v) is 7.32. The number of nitrogens with one attached hydrogen (secondary N) is 1. The maximum atomic E-state index is 5.52. The van der Waals surface area contributed by atoms with E-state index in [1.807, 2.05) is 31.4 Å². The molecule has 1 aromatic carbocycles. The molecule has 0 amide bonds. The highest BCUT2D eigenvalue weighted by atomic mass is 79.9. The Balaban J connectivity index is 1.78. The second kappa shape index (κ2) is 6.61. The molecule has 0 saturated carbocycles. The van der Waals surface area contributed by atoms with E-state index in [1.54, 1.807) is 0 Å². The third-order valence-corrected chi connectivity index (χ3v) is 5.46. The Morgan fingerprint density at radius 1 is 1.08 bits per heavy atom. The van der Waals surface area contributed by atoms with Crippen LogP contribution in [0.1, 0.15) is 23.5 Å². The number of hydrogen-bond donors (Lipinski definition) is 1. The van der Waals surface area contributed by atoms with Crippen LogP contribution in [0.15, 0.2) is 71.5 Å². The molecule has 0 aliphatic carbocycles. The highest BCUT2D eigenvalue weighted by molar-refractivity contribution is 9.10. The van der Waals surface area contributed by atoms with Gasteiger partial charge in [0.2, 0.25) is 0 Å². The van der Waals surface area contributed by atoms with Crippen molar-refractivity contribution in [3.63, 3.8) is 0 Å². The summed E-state index contributed by atoms with van der Waals surface area (Å²) in [5, 5.41) is 4.16. The highest BCUT2D eigenvalue weighted by Gasteiger charge is 2.39. The van der Waals surface area contributed by atoms with Gasteiger partial charge < -0.3 is 14.8 Å². The van der Waals surface area contributed by atoms with E-state index in [-0.39, 0.29) is 12.1 Å². The van der Waals surface area contributed by atoms with Crippen molar-refractivity contribution in [1.29, 1.82) is 0 Å². The minimum atomic E-state index is 0.0165. The summed E-state index contributed by atoms with van der Waals surface area (Å²) < 4.78 is 3.27. The summed E-state index contributed by atoms with van der Waals surface area (Å²) in [4.78, 5) is 6.65. The number of aromatic nitrogens is 2. The highest BCUT2D eigenvalue weighted by Crippen LogP contribution is 2.38. The Morgan fingerprint density at radius 2 is 1.88 bits per heavy atom. The lowest BCUT2D eigenvalue weighted by Gasteiger charge is -2.25. The fourth-order valence-electron chi connectivity index (χ4n) is 3.30. The monoisotopic (exact) mass is 412 g/mol. The van der Waals surface area contributed by atoms with E-state index in [2.05, 4.69) is 78.3 Å².